The largest absolute Gasteiger partial charge is 0.353 e. The third-order valence-electron chi connectivity index (χ3n) is 5.85. The van der Waals surface area contributed by atoms with Gasteiger partial charge in [-0.3, -0.25) is 14.8 Å². The highest BCUT2D eigenvalue weighted by atomic mass is 19.3. The molecule has 1 aromatic heterocycles. The van der Waals surface area contributed by atoms with Gasteiger partial charge in [-0.2, -0.15) is 8.78 Å². The van der Waals surface area contributed by atoms with Crippen molar-refractivity contribution in [3.05, 3.63) is 23.7 Å². The molecule has 0 aromatic carbocycles. The Labute approximate surface area is 224 Å². The zero-order chi connectivity index (χ0) is 40.5. The summed E-state index contributed by atoms with van der Waals surface area (Å²) in [5.41, 5.74) is -1.04. The predicted octanol–water partition coefficient (Wildman–Crippen LogP) is 1.70. The van der Waals surface area contributed by atoms with Crippen LogP contribution in [0.1, 0.15) is 68.7 Å². The number of amides is 1. The first kappa shape index (κ1) is 9.51. The Hall–Kier alpha value is -2.51. The van der Waals surface area contributed by atoms with E-state index >= 15 is 0 Å². The number of ether oxygens (including phenoxy) is 1. The number of aromatic nitrogens is 3. The number of carbonyl (C=O) groups is 1. The normalized spacial score (nSPS) is 66.0. The Balaban J connectivity index is 1.75. The number of nitrogens with zero attached hydrogens (tertiary/aromatic N) is 5. The van der Waals surface area contributed by atoms with E-state index in [1.54, 1.807) is 0 Å². The van der Waals surface area contributed by atoms with Gasteiger partial charge in [-0.05, 0) is 43.9 Å². The lowest BCUT2D eigenvalue weighted by atomic mass is 9.72. The average Bonchev–Trinajstić information content (AvgIpc) is 3.54. The van der Waals surface area contributed by atoms with Crippen LogP contribution in [0, 0.1) is 29.6 Å². The SMILES string of the molecule is [2H]N1C2([2H])C(=CC(C#Cc3cn(C)nn3)C([2H])([2H])C2([2H])[2H])N2[C@@H]3C[C@@]([2H])(N(C([2H])([2H])[2H])C(=O)C4([2H])C3C([2H])(OC(F)F)C([2H])([2H])C([2H])([2H])C4([2H])[2H])C21[2H]. The number of fused-ring (bicyclic) bond motifs is 9. The number of likely N-dealkylation sites (N-methyl/N-ethyl adjacent to an activating group) is 1. The molecule has 6 rings (SSSR count). The molecule has 1 N–H and O–H groups in total. The van der Waals surface area contributed by atoms with Crippen LogP contribution in [-0.2, 0) is 16.6 Å². The molecular weight excluding hydrogens is 442 g/mol. The number of aryl methyl sites for hydroxylation is 1. The maximum absolute atomic E-state index is 14.6. The summed E-state index contributed by atoms with van der Waals surface area (Å²) in [5, 5.41) is 7.07. The molecule has 1 aromatic rings. The first-order valence-electron chi connectivity index (χ1n) is 19.6. The fourth-order valence-corrected chi connectivity index (χ4v) is 4.50. The standard InChI is InChI=1S/C24H30F2N6O2/c1-30-12-14(28-29-30)8-6-13-7-9-16-17(10-13)32-18-11-19(22(32)27-16)31(2)23(33)15-4-3-5-20(21(15)18)34-24(25)26/h10,12-13,15-16,18-22,24,27H,3-5,7,9,11H2,1-2H3/t13?,15?,16?,18-,19-,20?,21?,22?/m1/s1/i2D3,3D2,4D2,5D2,7D2,9D2,15D,16D,19D,20D,22D/hD. The van der Waals surface area contributed by atoms with Crippen molar-refractivity contribution in [2.45, 2.75) is 75.2 Å². The van der Waals surface area contributed by atoms with Crippen molar-refractivity contribution in [2.24, 2.45) is 24.8 Å². The van der Waals surface area contributed by atoms with Gasteiger partial charge in [0, 0.05) is 68.7 Å². The maximum atomic E-state index is 14.6. The average molecular weight is 492 g/mol. The van der Waals surface area contributed by atoms with Gasteiger partial charge in [0.05, 0.1) is 23.8 Å². The van der Waals surface area contributed by atoms with E-state index in [1.165, 1.54) is 17.9 Å². The van der Waals surface area contributed by atoms with Crippen LogP contribution in [0.4, 0.5) is 8.78 Å². The minimum atomic E-state index is -4.29. The molecular formula is C24H30F2N6O2. The Morgan fingerprint density at radius 3 is 3.06 bits per heavy atom. The van der Waals surface area contributed by atoms with Crippen molar-refractivity contribution in [1.82, 2.24) is 30.1 Å². The van der Waals surface area contributed by atoms with Crippen molar-refractivity contribution in [2.75, 3.05) is 6.98 Å². The van der Waals surface area contributed by atoms with E-state index in [4.69, 9.17) is 20.6 Å². The van der Waals surface area contributed by atoms with Crippen LogP contribution in [0.25, 0.3) is 0 Å². The summed E-state index contributed by atoms with van der Waals surface area (Å²) in [5.74, 6) is -6.79. The molecule has 3 aliphatic heterocycles. The molecule has 5 aliphatic rings. The van der Waals surface area contributed by atoms with Crippen molar-refractivity contribution in [3.63, 3.8) is 0 Å². The molecule has 8 atom stereocenters. The van der Waals surface area contributed by atoms with Crippen LogP contribution in [0.3, 0.4) is 0 Å². The van der Waals surface area contributed by atoms with E-state index in [1.807, 2.05) is 0 Å². The summed E-state index contributed by atoms with van der Waals surface area (Å²) < 4.78 is 202. The van der Waals surface area contributed by atoms with E-state index in [0.717, 1.165) is 0 Å². The number of halogens is 2. The smallest absolute Gasteiger partial charge is 0.345 e. The molecule has 2 aliphatic carbocycles. The van der Waals surface area contributed by atoms with Gasteiger partial charge in [-0.15, -0.1) is 5.10 Å². The van der Waals surface area contributed by atoms with E-state index in [2.05, 4.69) is 26.9 Å². The third-order valence-corrected chi connectivity index (χ3v) is 5.85. The summed E-state index contributed by atoms with van der Waals surface area (Å²) in [4.78, 5) is 14.4. The van der Waals surface area contributed by atoms with E-state index in [0.29, 0.717) is 11.0 Å². The second-order valence-electron chi connectivity index (χ2n) is 7.87. The van der Waals surface area contributed by atoms with Crippen LogP contribution in [0.15, 0.2) is 18.0 Å². The van der Waals surface area contributed by atoms with Crippen LogP contribution in [0.5, 0.6) is 0 Å². The number of hydrogen-bond acceptors (Lipinski definition) is 6. The number of hydrogen-bond donors (Lipinski definition) is 1. The van der Waals surface area contributed by atoms with Gasteiger partial charge in [0.2, 0.25) is 5.91 Å². The monoisotopic (exact) mass is 491 g/mol. The fourth-order valence-electron chi connectivity index (χ4n) is 4.50. The zero-order valence-electron chi connectivity index (χ0n) is 36.4. The Morgan fingerprint density at radius 2 is 2.29 bits per heavy atom. The highest BCUT2D eigenvalue weighted by molar-refractivity contribution is 5.80. The summed E-state index contributed by atoms with van der Waals surface area (Å²) >= 11 is 0. The van der Waals surface area contributed by atoms with Crippen molar-refractivity contribution in [1.29, 1.82) is 0 Å². The predicted molar refractivity (Wildman–Crippen MR) is 118 cm³/mol. The van der Waals surface area contributed by atoms with E-state index in [9.17, 15) is 19.1 Å². The van der Waals surface area contributed by atoms with Gasteiger partial charge in [0.25, 0.3) is 0 Å². The maximum Gasteiger partial charge on any atom is 0.345 e. The number of nitrogens with one attached hydrogen (secondary N) is 1. The molecule has 8 nitrogen and oxygen atoms in total. The summed E-state index contributed by atoms with van der Waals surface area (Å²) in [6.07, 6.45) is -27.0. The highest BCUT2D eigenvalue weighted by Crippen LogP contribution is 2.50. The Bertz CT molecular complexity index is 1870. The molecule has 0 spiro atoms. The first-order chi connectivity index (χ1) is 23.6. The molecule has 1 saturated carbocycles. The van der Waals surface area contributed by atoms with Crippen LogP contribution in [0.2, 0.25) is 1.41 Å². The Morgan fingerprint density at radius 1 is 1.41 bits per heavy atom. The summed E-state index contributed by atoms with van der Waals surface area (Å²) in [6, 6.07) is -9.62. The molecule has 3 saturated heterocycles. The number of alkyl halides is 2. The highest BCUT2D eigenvalue weighted by Gasteiger charge is 2.60. The lowest BCUT2D eigenvalue weighted by molar-refractivity contribution is -0.198. The molecule has 2 bridgehead atoms. The minimum absolute atomic E-state index is 0.0538. The van der Waals surface area contributed by atoms with E-state index < -0.39 is 116 Å². The van der Waals surface area contributed by atoms with Crippen LogP contribution in [-0.4, -0.2) is 74.6 Å². The van der Waals surface area contributed by atoms with Crippen molar-refractivity contribution >= 4 is 5.91 Å². The minimum Gasteiger partial charge on any atom is -0.353 e. The van der Waals surface area contributed by atoms with Gasteiger partial charge >= 0.3 is 6.61 Å². The van der Waals surface area contributed by atoms with Gasteiger partial charge < -0.3 is 14.5 Å². The molecule has 10 heteroatoms. The van der Waals surface area contributed by atoms with E-state index in [-0.39, 0.29) is 11.0 Å². The topological polar surface area (TPSA) is 75.5 Å². The lowest BCUT2D eigenvalue weighted by Gasteiger charge is -2.45. The van der Waals surface area contributed by atoms with Crippen LogP contribution >= 0.6 is 0 Å². The first-order valence-corrected chi connectivity index (χ1v) is 10.1. The molecule has 6 unspecified atom stereocenters. The zero-order valence-corrected chi connectivity index (χ0v) is 17.4. The molecule has 182 valence electrons. The third kappa shape index (κ3) is 3.52. The molecule has 1 amide bonds. The number of carbonyl (C=O) groups excluding carboxylic acids is 1. The van der Waals surface area contributed by atoms with Gasteiger partial charge in [0.15, 0.2) is 5.69 Å². The van der Waals surface area contributed by atoms with Crippen LogP contribution < -0.4 is 5.31 Å². The van der Waals surface area contributed by atoms with Crippen molar-refractivity contribution < 1.29 is 44.4 Å². The summed E-state index contributed by atoms with van der Waals surface area (Å²) in [6.45, 7) is -8.23. The van der Waals surface area contributed by atoms with Gasteiger partial charge in [-0.1, -0.05) is 17.5 Å². The molecule has 4 heterocycles. The number of likely N-dealkylation sites (tertiary alicyclic amines) is 1. The second kappa shape index (κ2) is 8.31. The van der Waals surface area contributed by atoms with Crippen molar-refractivity contribution in [3.8, 4) is 11.8 Å². The second-order valence-corrected chi connectivity index (χ2v) is 7.87. The summed E-state index contributed by atoms with van der Waals surface area (Å²) in [7, 11) is 1.47. The number of allylic oxidation sites excluding steroid dienone is 1. The molecule has 0 radical (unpaired) electrons. The fraction of sp³-hybridized carbons (Fsp3) is 0.708. The molecule has 4 fully saturated rings. The molecule has 34 heavy (non-hydrogen) atoms. The quantitative estimate of drug-likeness (QED) is 0.635. The number of rotatable bonds is 2. The Kier molecular flexibility index (Phi) is 2.32. The lowest BCUT2D eigenvalue weighted by Crippen LogP contribution is -2.56. The van der Waals surface area contributed by atoms with Gasteiger partial charge in [-0.25, -0.2) is 0 Å². The van der Waals surface area contributed by atoms with Gasteiger partial charge in [0.1, 0.15) is 7.55 Å².